The highest BCUT2D eigenvalue weighted by Crippen LogP contribution is 2.41. The van der Waals surface area contributed by atoms with E-state index in [0.717, 1.165) is 0 Å². The van der Waals surface area contributed by atoms with E-state index in [4.69, 9.17) is 58.0 Å². The molecule has 0 aromatic heterocycles. The Morgan fingerprint density at radius 3 is 1.14 bits per heavy atom. The summed E-state index contributed by atoms with van der Waals surface area (Å²) >= 11 is 25.4. The molecule has 0 saturated carbocycles. The first-order valence-corrected chi connectivity index (χ1v) is 3.08. The minimum Gasteiger partial charge on any atom is -0.0933 e. The molecule has 0 atom stereocenters. The molecule has 0 saturated heterocycles. The summed E-state index contributed by atoms with van der Waals surface area (Å²) in [4.78, 5) is -0.266. The van der Waals surface area contributed by atoms with Crippen molar-refractivity contribution in [3.63, 3.8) is 0 Å². The maximum atomic E-state index is 5.10. The monoisotopic (exact) mass is 199 g/mol. The van der Waals surface area contributed by atoms with Crippen LogP contribution in [0, 0.1) is 4.84 Å². The standard InChI is InChI=1S/C2Cl5/c3-1(4)2(5,6)7. The Bertz CT molecular complexity index is 51.6. The number of hydrogen-bond donors (Lipinski definition) is 0. The Kier molecular flexibility index (Phi) is 3.43. The third-order valence-electron chi connectivity index (χ3n) is 0.214. The van der Waals surface area contributed by atoms with Gasteiger partial charge in [-0.05, 0) is 0 Å². The molecule has 5 heteroatoms. The van der Waals surface area contributed by atoms with Crippen molar-refractivity contribution in [3.05, 3.63) is 4.84 Å². The van der Waals surface area contributed by atoms with Gasteiger partial charge in [-0.1, -0.05) is 58.0 Å². The van der Waals surface area contributed by atoms with Crippen LogP contribution < -0.4 is 0 Å². The molecule has 0 aliphatic carbocycles. The van der Waals surface area contributed by atoms with E-state index in [-0.39, 0.29) is 4.84 Å². The van der Waals surface area contributed by atoms with Gasteiger partial charge in [-0.25, -0.2) is 0 Å². The molecule has 0 aromatic carbocycles. The topological polar surface area (TPSA) is 0 Å². The van der Waals surface area contributed by atoms with E-state index in [0.29, 0.717) is 0 Å². The first-order chi connectivity index (χ1) is 2.94. The van der Waals surface area contributed by atoms with Crippen molar-refractivity contribution in [2.45, 2.75) is 3.79 Å². The molecule has 0 heterocycles. The van der Waals surface area contributed by atoms with Gasteiger partial charge in [-0.3, -0.25) is 0 Å². The van der Waals surface area contributed by atoms with Crippen molar-refractivity contribution in [2.75, 3.05) is 0 Å². The van der Waals surface area contributed by atoms with E-state index in [1.54, 1.807) is 0 Å². The summed E-state index contributed by atoms with van der Waals surface area (Å²) in [5.41, 5.74) is 0. The van der Waals surface area contributed by atoms with E-state index in [1.165, 1.54) is 0 Å². The number of hydrogen-bond acceptors (Lipinski definition) is 0. The van der Waals surface area contributed by atoms with Crippen LogP contribution in [0.5, 0.6) is 0 Å². The van der Waals surface area contributed by atoms with Crippen LogP contribution in [-0.4, -0.2) is 3.79 Å². The van der Waals surface area contributed by atoms with Gasteiger partial charge >= 0.3 is 0 Å². The summed E-state index contributed by atoms with van der Waals surface area (Å²) in [5, 5.41) is 0. The maximum Gasteiger partial charge on any atom is 0.226 e. The third-order valence-corrected chi connectivity index (χ3v) is 1.93. The largest absolute Gasteiger partial charge is 0.226 e. The molecule has 0 nitrogen and oxygen atoms in total. The van der Waals surface area contributed by atoms with Crippen LogP contribution in [0.25, 0.3) is 0 Å². The normalized spacial score (nSPS) is 12.9. The van der Waals surface area contributed by atoms with Crippen LogP contribution in [-0.2, 0) is 0 Å². The van der Waals surface area contributed by atoms with Gasteiger partial charge in [0.1, 0.15) is 0 Å². The molecule has 0 rings (SSSR count). The van der Waals surface area contributed by atoms with E-state index in [9.17, 15) is 0 Å². The lowest BCUT2D eigenvalue weighted by Gasteiger charge is -2.07. The van der Waals surface area contributed by atoms with Crippen molar-refractivity contribution in [2.24, 2.45) is 0 Å². The fourth-order valence-electron chi connectivity index (χ4n) is 0. The van der Waals surface area contributed by atoms with Crippen LogP contribution in [0.1, 0.15) is 0 Å². The zero-order valence-electron chi connectivity index (χ0n) is 2.89. The van der Waals surface area contributed by atoms with Crippen molar-refractivity contribution in [3.8, 4) is 0 Å². The van der Waals surface area contributed by atoms with Crippen molar-refractivity contribution in [1.82, 2.24) is 0 Å². The lowest BCUT2D eigenvalue weighted by atomic mass is 10.9. The molecule has 0 amide bonds. The average Bonchev–Trinajstić information content (AvgIpc) is 1.31. The first-order valence-electron chi connectivity index (χ1n) is 1.19. The Morgan fingerprint density at radius 1 is 1.00 bits per heavy atom. The Morgan fingerprint density at radius 2 is 1.14 bits per heavy atom. The van der Waals surface area contributed by atoms with Gasteiger partial charge in [-0.15, -0.1) is 0 Å². The van der Waals surface area contributed by atoms with E-state index >= 15 is 0 Å². The van der Waals surface area contributed by atoms with Crippen LogP contribution >= 0.6 is 58.0 Å². The van der Waals surface area contributed by atoms with Gasteiger partial charge in [0.2, 0.25) is 8.63 Å². The average molecular weight is 201 g/mol. The second kappa shape index (κ2) is 2.84. The zero-order valence-corrected chi connectivity index (χ0v) is 6.67. The zero-order chi connectivity index (χ0) is 6.08. The Hall–Kier alpha value is 1.45. The molecule has 0 spiro atoms. The molecule has 0 aliphatic heterocycles. The molecular formula is C2Cl5. The van der Waals surface area contributed by atoms with Gasteiger partial charge in [0, 0.05) is 0 Å². The molecule has 1 radical (unpaired) electrons. The molecule has 0 N–H and O–H groups in total. The van der Waals surface area contributed by atoms with E-state index in [2.05, 4.69) is 0 Å². The number of halogens is 5. The molecule has 0 aliphatic rings. The van der Waals surface area contributed by atoms with E-state index in [1.807, 2.05) is 0 Å². The van der Waals surface area contributed by atoms with Gasteiger partial charge in [0.25, 0.3) is 0 Å². The third kappa shape index (κ3) is 3.99. The highest BCUT2D eigenvalue weighted by Gasteiger charge is 2.29. The lowest BCUT2D eigenvalue weighted by molar-refractivity contribution is 1.37. The SMILES string of the molecule is Cl[C](Cl)C(Cl)(Cl)Cl. The van der Waals surface area contributed by atoms with Gasteiger partial charge in [0.15, 0.2) is 0 Å². The quantitative estimate of drug-likeness (QED) is 0.527. The molecule has 0 bridgehead atoms. The van der Waals surface area contributed by atoms with Crippen LogP contribution in [0.2, 0.25) is 0 Å². The highest BCUT2D eigenvalue weighted by atomic mass is 35.6. The summed E-state index contributed by atoms with van der Waals surface area (Å²) in [6.07, 6.45) is 0. The first kappa shape index (κ1) is 8.45. The smallest absolute Gasteiger partial charge is 0.0933 e. The summed E-state index contributed by atoms with van der Waals surface area (Å²) in [6, 6.07) is 0. The summed E-state index contributed by atoms with van der Waals surface area (Å²) < 4.78 is -1.64. The molecular weight excluding hydrogens is 201 g/mol. The van der Waals surface area contributed by atoms with Gasteiger partial charge in [0.05, 0.1) is 0 Å². The molecule has 43 valence electrons. The summed E-state index contributed by atoms with van der Waals surface area (Å²) in [6.45, 7) is 0. The van der Waals surface area contributed by atoms with Crippen molar-refractivity contribution >= 4 is 58.0 Å². The Balaban J connectivity index is 3.54. The van der Waals surface area contributed by atoms with Crippen LogP contribution in [0.3, 0.4) is 0 Å². The summed E-state index contributed by atoms with van der Waals surface area (Å²) in [7, 11) is 0. The van der Waals surface area contributed by atoms with Crippen molar-refractivity contribution in [1.29, 1.82) is 0 Å². The second-order valence-electron chi connectivity index (χ2n) is 0.758. The second-order valence-corrected chi connectivity index (χ2v) is 3.99. The minimum atomic E-state index is -1.64. The van der Waals surface area contributed by atoms with Crippen LogP contribution in [0.4, 0.5) is 0 Å². The predicted molar refractivity (Wildman–Crippen MR) is 35.2 cm³/mol. The fraction of sp³-hybridized carbons (Fsp3) is 0.500. The predicted octanol–water partition coefficient (Wildman–Crippen LogP) is 3.32. The lowest BCUT2D eigenvalue weighted by Crippen LogP contribution is -2.03. The maximum absolute atomic E-state index is 5.10. The van der Waals surface area contributed by atoms with Crippen LogP contribution in [0.15, 0.2) is 0 Å². The number of alkyl halides is 3. The molecule has 0 unspecified atom stereocenters. The highest BCUT2D eigenvalue weighted by molar-refractivity contribution is 6.77. The fourth-order valence-corrected chi connectivity index (χ4v) is 0. The Labute approximate surface area is 66.6 Å². The van der Waals surface area contributed by atoms with Gasteiger partial charge < -0.3 is 0 Å². The van der Waals surface area contributed by atoms with Crippen molar-refractivity contribution < 1.29 is 0 Å². The molecule has 7 heavy (non-hydrogen) atoms. The number of rotatable bonds is 0. The summed E-state index contributed by atoms with van der Waals surface area (Å²) in [5.74, 6) is 0. The van der Waals surface area contributed by atoms with E-state index < -0.39 is 3.79 Å². The van der Waals surface area contributed by atoms with Gasteiger partial charge in [-0.2, -0.15) is 0 Å². The minimum absolute atomic E-state index is 0.266. The molecule has 0 aromatic rings. The molecule has 0 fully saturated rings.